The molecule has 0 spiro atoms. The first-order chi connectivity index (χ1) is 8.36. The van der Waals surface area contributed by atoms with Crippen molar-refractivity contribution in [2.75, 3.05) is 0 Å². The van der Waals surface area contributed by atoms with Gasteiger partial charge in [-0.2, -0.15) is 0 Å². The topological polar surface area (TPSA) is 0 Å². The van der Waals surface area contributed by atoms with E-state index < -0.39 is 0 Å². The fourth-order valence-electron chi connectivity index (χ4n) is 2.95. The molecule has 0 nitrogen and oxygen atoms in total. The van der Waals surface area contributed by atoms with Crippen LogP contribution in [0.25, 0.3) is 33.0 Å². The predicted molar refractivity (Wildman–Crippen MR) is 79.8 cm³/mol. The summed E-state index contributed by atoms with van der Waals surface area (Å²) >= 11 is 0. The maximum atomic E-state index is 2.26. The third-order valence-electron chi connectivity index (χ3n) is 3.77. The summed E-state index contributed by atoms with van der Waals surface area (Å²) in [6.45, 7) is 2.19. The molecule has 0 amide bonds. The van der Waals surface area contributed by atoms with E-state index >= 15 is 0 Å². The Morgan fingerprint density at radius 3 is 1.94 bits per heavy atom. The molecule has 0 aromatic heterocycles. The fraction of sp³-hybridized carbons (Fsp3) is 0.111. The first-order valence-electron chi connectivity index (χ1n) is 5.98. The van der Waals surface area contributed by atoms with Crippen LogP contribution < -0.4 is 0 Å². The lowest BCUT2D eigenvalue weighted by molar-refractivity contribution is 1.54. The number of rotatable bonds is 0. The van der Waals surface area contributed by atoms with E-state index in [-0.39, 0.29) is 7.43 Å². The van der Waals surface area contributed by atoms with Crippen LogP contribution in [0.5, 0.6) is 0 Å². The van der Waals surface area contributed by atoms with Crippen molar-refractivity contribution in [3.8, 4) is 22.3 Å². The second-order valence-electron chi connectivity index (χ2n) is 4.70. The molecular weight excluding hydrogens is 216 g/mol. The Kier molecular flexibility index (Phi) is 2.27. The lowest BCUT2D eigenvalue weighted by atomic mass is 9.99. The Labute approximate surface area is 108 Å². The van der Waals surface area contributed by atoms with Gasteiger partial charge < -0.3 is 0 Å². The highest BCUT2D eigenvalue weighted by Gasteiger charge is 2.20. The van der Waals surface area contributed by atoms with E-state index in [1.165, 1.54) is 38.6 Å². The van der Waals surface area contributed by atoms with Crippen LogP contribution in [-0.2, 0) is 0 Å². The molecule has 3 aromatic rings. The maximum Gasteiger partial charge on any atom is -0.00237 e. The minimum atomic E-state index is 0. The SMILES string of the molecule is C.Cc1ccc2c3c(cccc13)-c1ccccc1-2. The van der Waals surface area contributed by atoms with Crippen molar-refractivity contribution in [2.45, 2.75) is 14.4 Å². The van der Waals surface area contributed by atoms with Crippen LogP contribution in [0.4, 0.5) is 0 Å². The standard InChI is InChI=1S/C17H12.CH4/c1-11-9-10-16-14-6-3-2-5-13(14)15-8-4-7-12(11)17(15)16;/h2-10H,1H3;1H4. The predicted octanol–water partition coefficient (Wildman–Crippen LogP) is 5.43. The zero-order valence-corrected chi connectivity index (χ0v) is 9.70. The monoisotopic (exact) mass is 232 g/mol. The lowest BCUT2D eigenvalue weighted by Crippen LogP contribution is -1.79. The van der Waals surface area contributed by atoms with Gasteiger partial charge in [0.2, 0.25) is 0 Å². The van der Waals surface area contributed by atoms with Crippen LogP contribution in [0, 0.1) is 6.92 Å². The summed E-state index contributed by atoms with van der Waals surface area (Å²) in [6.07, 6.45) is 0. The van der Waals surface area contributed by atoms with Gasteiger partial charge in [0.05, 0.1) is 0 Å². The zero-order valence-electron chi connectivity index (χ0n) is 9.70. The summed E-state index contributed by atoms with van der Waals surface area (Å²) in [5, 5.41) is 2.81. The van der Waals surface area contributed by atoms with Gasteiger partial charge in [0.1, 0.15) is 0 Å². The van der Waals surface area contributed by atoms with Gasteiger partial charge in [0, 0.05) is 0 Å². The normalized spacial score (nSPS) is 11.2. The molecule has 0 saturated heterocycles. The highest BCUT2D eigenvalue weighted by atomic mass is 14.2. The molecule has 4 rings (SSSR count). The molecular formula is C18H16. The average Bonchev–Trinajstić information content (AvgIpc) is 2.70. The van der Waals surface area contributed by atoms with Crippen molar-refractivity contribution in [3.63, 3.8) is 0 Å². The van der Waals surface area contributed by atoms with Gasteiger partial charge in [-0.15, -0.1) is 0 Å². The Morgan fingerprint density at radius 2 is 1.22 bits per heavy atom. The molecule has 0 fully saturated rings. The van der Waals surface area contributed by atoms with Gasteiger partial charge in [0.25, 0.3) is 0 Å². The molecule has 1 aliphatic rings. The Hall–Kier alpha value is -2.08. The van der Waals surface area contributed by atoms with Crippen molar-refractivity contribution in [3.05, 3.63) is 60.2 Å². The van der Waals surface area contributed by atoms with E-state index in [0.29, 0.717) is 0 Å². The van der Waals surface area contributed by atoms with Crippen LogP contribution >= 0.6 is 0 Å². The number of fused-ring (bicyclic) bond motifs is 3. The van der Waals surface area contributed by atoms with Crippen LogP contribution in [-0.4, -0.2) is 0 Å². The highest BCUT2D eigenvalue weighted by molar-refractivity contribution is 6.15. The van der Waals surface area contributed by atoms with Crippen LogP contribution in [0.2, 0.25) is 0 Å². The molecule has 1 aliphatic carbocycles. The molecule has 3 aromatic carbocycles. The maximum absolute atomic E-state index is 2.26. The summed E-state index contributed by atoms with van der Waals surface area (Å²) in [4.78, 5) is 0. The molecule has 88 valence electrons. The minimum Gasteiger partial charge on any atom is -0.0776 e. The zero-order chi connectivity index (χ0) is 11.4. The first kappa shape index (κ1) is 11.0. The van der Waals surface area contributed by atoms with Gasteiger partial charge in [-0.25, -0.2) is 0 Å². The average molecular weight is 232 g/mol. The third-order valence-corrected chi connectivity index (χ3v) is 3.77. The van der Waals surface area contributed by atoms with Crippen LogP contribution in [0.3, 0.4) is 0 Å². The molecule has 0 radical (unpaired) electrons. The van der Waals surface area contributed by atoms with Gasteiger partial charge in [0.15, 0.2) is 0 Å². The molecule has 0 saturated carbocycles. The van der Waals surface area contributed by atoms with E-state index in [9.17, 15) is 0 Å². The number of aryl methyl sites for hydroxylation is 1. The van der Waals surface area contributed by atoms with Crippen LogP contribution in [0.15, 0.2) is 54.6 Å². The molecule has 0 atom stereocenters. The van der Waals surface area contributed by atoms with Gasteiger partial charge in [-0.05, 0) is 45.5 Å². The smallest absolute Gasteiger partial charge is 0.00237 e. The molecule has 0 heteroatoms. The first-order valence-corrected chi connectivity index (χ1v) is 5.98. The van der Waals surface area contributed by atoms with Gasteiger partial charge in [-0.1, -0.05) is 62.0 Å². The highest BCUT2D eigenvalue weighted by Crippen LogP contribution is 2.47. The summed E-state index contributed by atoms with van der Waals surface area (Å²) in [5.41, 5.74) is 6.88. The van der Waals surface area contributed by atoms with Crippen molar-refractivity contribution in [1.29, 1.82) is 0 Å². The molecule has 18 heavy (non-hydrogen) atoms. The summed E-state index contributed by atoms with van der Waals surface area (Å²) in [5.74, 6) is 0. The summed E-state index contributed by atoms with van der Waals surface area (Å²) < 4.78 is 0. The van der Waals surface area contributed by atoms with Crippen LogP contribution in [0.1, 0.15) is 13.0 Å². The van der Waals surface area contributed by atoms with E-state index in [1.807, 2.05) is 0 Å². The van der Waals surface area contributed by atoms with Crippen molar-refractivity contribution >= 4 is 10.8 Å². The van der Waals surface area contributed by atoms with E-state index in [4.69, 9.17) is 0 Å². The largest absolute Gasteiger partial charge is 0.0776 e. The molecule has 0 N–H and O–H groups in total. The number of hydrogen-bond donors (Lipinski definition) is 0. The number of benzene rings is 3. The third kappa shape index (κ3) is 1.20. The quantitative estimate of drug-likeness (QED) is 0.379. The second kappa shape index (κ2) is 3.71. The fourth-order valence-corrected chi connectivity index (χ4v) is 2.95. The molecule has 0 heterocycles. The Morgan fingerprint density at radius 1 is 0.611 bits per heavy atom. The van der Waals surface area contributed by atoms with Crippen molar-refractivity contribution in [2.24, 2.45) is 0 Å². The Bertz CT molecular complexity index is 722. The second-order valence-corrected chi connectivity index (χ2v) is 4.70. The van der Waals surface area contributed by atoms with E-state index in [0.717, 1.165) is 0 Å². The van der Waals surface area contributed by atoms with Gasteiger partial charge >= 0.3 is 0 Å². The minimum absolute atomic E-state index is 0. The lowest BCUT2D eigenvalue weighted by Gasteiger charge is -2.04. The Balaban J connectivity index is 0.000001000. The van der Waals surface area contributed by atoms with Crippen molar-refractivity contribution in [1.82, 2.24) is 0 Å². The summed E-state index contributed by atoms with van der Waals surface area (Å²) in [7, 11) is 0. The van der Waals surface area contributed by atoms with E-state index in [2.05, 4.69) is 61.5 Å². The molecule has 0 aliphatic heterocycles. The molecule has 0 bridgehead atoms. The van der Waals surface area contributed by atoms with E-state index in [1.54, 1.807) is 0 Å². The summed E-state index contributed by atoms with van der Waals surface area (Å²) in [6, 6.07) is 19.8. The van der Waals surface area contributed by atoms with Gasteiger partial charge in [-0.3, -0.25) is 0 Å². The van der Waals surface area contributed by atoms with Crippen molar-refractivity contribution < 1.29 is 0 Å². The number of hydrogen-bond acceptors (Lipinski definition) is 0. The molecule has 0 unspecified atom stereocenters.